The first-order valence-corrected chi connectivity index (χ1v) is 25.5. The number of anilines is 6. The van der Waals surface area contributed by atoms with Gasteiger partial charge in [-0.25, -0.2) is 0 Å². The number of benzene rings is 11. The number of hydrogen-bond donors (Lipinski definition) is 0. The van der Waals surface area contributed by atoms with Crippen LogP contribution in [0.4, 0.5) is 34.1 Å². The molecule has 0 fully saturated rings. The molecule has 11 aromatic rings. The first-order chi connectivity index (χ1) is 36.0. The highest BCUT2D eigenvalue weighted by molar-refractivity contribution is 7.00. The van der Waals surface area contributed by atoms with Crippen molar-refractivity contribution in [2.24, 2.45) is 0 Å². The van der Waals surface area contributed by atoms with E-state index in [2.05, 4.69) is 309 Å². The quantitative estimate of drug-likeness (QED) is 0.0996. The van der Waals surface area contributed by atoms with Crippen molar-refractivity contribution in [2.45, 2.75) is 24.7 Å². The van der Waals surface area contributed by atoms with Gasteiger partial charge >= 0.3 is 0 Å². The summed E-state index contributed by atoms with van der Waals surface area (Å²) in [6.45, 7) is 4.49. The maximum absolute atomic E-state index is 2.51. The lowest BCUT2D eigenvalue weighted by Crippen LogP contribution is -2.61. The molecule has 13 rings (SSSR count). The minimum Gasteiger partial charge on any atom is -0.311 e. The van der Waals surface area contributed by atoms with Crippen LogP contribution in [0.5, 0.6) is 0 Å². The van der Waals surface area contributed by atoms with Crippen LogP contribution < -0.4 is 26.2 Å². The van der Waals surface area contributed by atoms with Gasteiger partial charge in [-0.1, -0.05) is 248 Å². The van der Waals surface area contributed by atoms with Gasteiger partial charge in [-0.2, -0.15) is 0 Å². The van der Waals surface area contributed by atoms with Crippen molar-refractivity contribution in [1.29, 1.82) is 0 Å². The highest BCUT2D eigenvalue weighted by atomic mass is 15.2. The lowest BCUT2D eigenvalue weighted by atomic mass is 9.33. The smallest absolute Gasteiger partial charge is 0.252 e. The zero-order valence-corrected chi connectivity index (χ0v) is 41.1. The molecular weight excluding hydrogens is 880 g/mol. The number of rotatable bonds is 10. The molecule has 2 aliphatic rings. The van der Waals surface area contributed by atoms with Gasteiger partial charge in [0, 0.05) is 34.1 Å². The van der Waals surface area contributed by atoms with E-state index in [1.165, 1.54) is 94.8 Å². The summed E-state index contributed by atoms with van der Waals surface area (Å²) in [4.78, 5) is 5.03. The van der Waals surface area contributed by atoms with Crippen LogP contribution in [-0.4, -0.2) is 6.71 Å². The van der Waals surface area contributed by atoms with Gasteiger partial charge in [0.1, 0.15) is 0 Å². The Labute approximate surface area is 430 Å². The SMILES string of the molecule is Cc1ccc2c(c1)B1c3cc(C)ccc3N(c3ccc(C(c4ccccc4)(c4ccccc4)c4ccccc4)cc3)c3cccc(c31)N2c1ccc(C(c2ccccc2)(c2ccccc2)c2ccccc2)cc1. The van der Waals surface area contributed by atoms with Gasteiger partial charge in [0.15, 0.2) is 0 Å². The molecule has 2 nitrogen and oxygen atoms in total. The van der Waals surface area contributed by atoms with Crippen LogP contribution >= 0.6 is 0 Å². The molecular formula is C70H53BN2. The van der Waals surface area contributed by atoms with Crippen LogP contribution in [0.1, 0.15) is 55.6 Å². The molecule has 0 aliphatic carbocycles. The summed E-state index contributed by atoms with van der Waals surface area (Å²) in [6, 6.07) is 106. The molecule has 0 radical (unpaired) electrons. The minimum absolute atomic E-state index is 0.0332. The molecule has 0 bridgehead atoms. The zero-order chi connectivity index (χ0) is 48.9. The molecule has 0 amide bonds. The molecule has 346 valence electrons. The number of hydrogen-bond acceptors (Lipinski definition) is 2. The van der Waals surface area contributed by atoms with Crippen LogP contribution in [0.3, 0.4) is 0 Å². The predicted molar refractivity (Wildman–Crippen MR) is 307 cm³/mol. The number of fused-ring (bicyclic) bond motifs is 4. The van der Waals surface area contributed by atoms with Crippen LogP contribution in [0.25, 0.3) is 0 Å². The van der Waals surface area contributed by atoms with Gasteiger partial charge in [-0.15, -0.1) is 0 Å². The maximum Gasteiger partial charge on any atom is 0.252 e. The lowest BCUT2D eigenvalue weighted by Gasteiger charge is -2.44. The van der Waals surface area contributed by atoms with E-state index in [4.69, 9.17) is 0 Å². The first-order valence-electron chi connectivity index (χ1n) is 25.5. The molecule has 2 aliphatic heterocycles. The van der Waals surface area contributed by atoms with E-state index in [0.717, 1.165) is 11.4 Å². The third-order valence-corrected chi connectivity index (χ3v) is 15.7. The largest absolute Gasteiger partial charge is 0.311 e. The summed E-state index contributed by atoms with van der Waals surface area (Å²) in [7, 11) is 0. The Hall–Kier alpha value is -8.92. The van der Waals surface area contributed by atoms with Crippen molar-refractivity contribution in [3.63, 3.8) is 0 Å². The van der Waals surface area contributed by atoms with E-state index in [1.54, 1.807) is 0 Å². The van der Waals surface area contributed by atoms with Crippen molar-refractivity contribution in [3.8, 4) is 0 Å². The molecule has 73 heavy (non-hydrogen) atoms. The Bertz CT molecular complexity index is 3290. The summed E-state index contributed by atoms with van der Waals surface area (Å²) in [5, 5.41) is 0. The van der Waals surface area contributed by atoms with Crippen molar-refractivity contribution in [2.75, 3.05) is 9.80 Å². The van der Waals surface area contributed by atoms with Gasteiger partial charge in [0.25, 0.3) is 6.71 Å². The standard InChI is InChI=1S/C70H53BN2/c1-50-36-46-64-62(48-50)71-63-49-51(2)37-47-65(63)73(61-44-40-59(41-45-61)70(55-28-15-6-16-29-55,56-30-17-7-18-31-56)57-32-19-8-20-33-57)67-35-21-34-66(68(67)71)72(64)60-42-38-58(39-43-60)69(52-22-9-3-10-23-52,53-24-11-4-12-25-53)54-26-13-5-14-27-54/h3-49H,1-2H3. The van der Waals surface area contributed by atoms with Crippen molar-refractivity contribution in [3.05, 3.63) is 341 Å². The predicted octanol–water partition coefficient (Wildman–Crippen LogP) is 15.2. The molecule has 0 unspecified atom stereocenters. The molecule has 0 atom stereocenters. The molecule has 0 N–H and O–H groups in total. The average molecular weight is 933 g/mol. The van der Waals surface area contributed by atoms with Crippen molar-refractivity contribution >= 4 is 57.2 Å². The monoisotopic (exact) mass is 932 g/mol. The normalized spacial score (nSPS) is 12.7. The zero-order valence-electron chi connectivity index (χ0n) is 41.1. The Morgan fingerprint density at radius 3 is 0.822 bits per heavy atom. The van der Waals surface area contributed by atoms with Gasteiger partial charge in [0.05, 0.1) is 10.8 Å². The molecule has 0 saturated heterocycles. The number of nitrogens with zero attached hydrogens (tertiary/aromatic N) is 2. The Balaban J connectivity index is 0.988. The van der Waals surface area contributed by atoms with Gasteiger partial charge in [0.2, 0.25) is 0 Å². The molecule has 0 aromatic heterocycles. The van der Waals surface area contributed by atoms with Gasteiger partial charge in [-0.05, 0) is 123 Å². The summed E-state index contributed by atoms with van der Waals surface area (Å²) in [5.74, 6) is 0. The van der Waals surface area contributed by atoms with Crippen LogP contribution in [-0.2, 0) is 10.8 Å². The average Bonchev–Trinajstić information content (AvgIpc) is 3.46. The van der Waals surface area contributed by atoms with Crippen molar-refractivity contribution in [1.82, 2.24) is 0 Å². The minimum atomic E-state index is -0.545. The van der Waals surface area contributed by atoms with E-state index in [9.17, 15) is 0 Å². The maximum atomic E-state index is 2.51. The topological polar surface area (TPSA) is 6.48 Å². The Morgan fingerprint density at radius 2 is 0.534 bits per heavy atom. The second-order valence-corrected chi connectivity index (χ2v) is 19.7. The summed E-state index contributed by atoms with van der Waals surface area (Å²) in [5.41, 5.74) is 22.2. The van der Waals surface area contributed by atoms with E-state index < -0.39 is 10.8 Å². The molecule has 3 heteroatoms. The van der Waals surface area contributed by atoms with Crippen LogP contribution in [0.2, 0.25) is 0 Å². The van der Waals surface area contributed by atoms with Gasteiger partial charge in [-0.3, -0.25) is 0 Å². The number of aryl methyl sites for hydroxylation is 2. The lowest BCUT2D eigenvalue weighted by molar-refractivity contribution is 0.745. The third-order valence-electron chi connectivity index (χ3n) is 15.7. The molecule has 0 spiro atoms. The second kappa shape index (κ2) is 18.0. The van der Waals surface area contributed by atoms with E-state index >= 15 is 0 Å². The fourth-order valence-corrected chi connectivity index (χ4v) is 12.6. The summed E-state index contributed by atoms with van der Waals surface area (Å²) in [6.07, 6.45) is 0. The first kappa shape index (κ1) is 44.1. The fourth-order valence-electron chi connectivity index (χ4n) is 12.6. The second-order valence-electron chi connectivity index (χ2n) is 19.7. The Morgan fingerprint density at radius 1 is 0.260 bits per heavy atom. The molecule has 11 aromatic carbocycles. The summed E-state index contributed by atoms with van der Waals surface area (Å²) >= 11 is 0. The third kappa shape index (κ3) is 7.02. The fraction of sp³-hybridized carbons (Fsp3) is 0.0571. The Kier molecular flexibility index (Phi) is 10.9. The van der Waals surface area contributed by atoms with E-state index in [-0.39, 0.29) is 6.71 Å². The van der Waals surface area contributed by atoms with Crippen LogP contribution in [0.15, 0.2) is 285 Å². The van der Waals surface area contributed by atoms with Gasteiger partial charge < -0.3 is 9.80 Å². The van der Waals surface area contributed by atoms with E-state index in [1.807, 2.05) is 0 Å². The highest BCUT2D eigenvalue weighted by Crippen LogP contribution is 2.50. The van der Waals surface area contributed by atoms with E-state index in [0.29, 0.717) is 0 Å². The molecule has 2 heterocycles. The highest BCUT2D eigenvalue weighted by Gasteiger charge is 2.45. The van der Waals surface area contributed by atoms with Crippen molar-refractivity contribution < 1.29 is 0 Å². The molecule has 0 saturated carbocycles. The van der Waals surface area contributed by atoms with Crippen LogP contribution in [0, 0.1) is 13.8 Å². The summed E-state index contributed by atoms with van der Waals surface area (Å²) < 4.78 is 0.